The molecular formula is C19H24FN3O. The predicted molar refractivity (Wildman–Crippen MR) is 95.9 cm³/mol. The van der Waals surface area contributed by atoms with Gasteiger partial charge in [-0.15, -0.1) is 0 Å². The van der Waals surface area contributed by atoms with Crippen molar-refractivity contribution in [1.82, 2.24) is 10.6 Å². The van der Waals surface area contributed by atoms with Gasteiger partial charge in [-0.2, -0.15) is 0 Å². The predicted octanol–water partition coefficient (Wildman–Crippen LogP) is 3.57. The summed E-state index contributed by atoms with van der Waals surface area (Å²) in [6.45, 7) is 4.31. The van der Waals surface area contributed by atoms with Gasteiger partial charge >= 0.3 is 0 Å². The summed E-state index contributed by atoms with van der Waals surface area (Å²) in [6.07, 6.45) is 0. The van der Waals surface area contributed by atoms with Crippen molar-refractivity contribution in [2.75, 3.05) is 14.2 Å². The van der Waals surface area contributed by atoms with E-state index in [4.69, 9.17) is 4.74 Å². The van der Waals surface area contributed by atoms with Gasteiger partial charge in [0, 0.05) is 19.2 Å². The van der Waals surface area contributed by atoms with Crippen LogP contribution in [0.15, 0.2) is 47.5 Å². The molecule has 4 nitrogen and oxygen atoms in total. The average Bonchev–Trinajstić information content (AvgIpc) is 2.60. The molecule has 0 spiro atoms. The number of rotatable bonds is 5. The van der Waals surface area contributed by atoms with E-state index in [1.165, 1.54) is 0 Å². The fourth-order valence-corrected chi connectivity index (χ4v) is 2.39. The van der Waals surface area contributed by atoms with Crippen molar-refractivity contribution in [1.29, 1.82) is 0 Å². The molecule has 0 aliphatic heterocycles. The van der Waals surface area contributed by atoms with E-state index in [0.717, 1.165) is 16.9 Å². The Balaban J connectivity index is 2.00. The molecule has 0 amide bonds. The van der Waals surface area contributed by atoms with Crippen LogP contribution in [0.5, 0.6) is 5.75 Å². The van der Waals surface area contributed by atoms with Gasteiger partial charge in [-0.25, -0.2) is 4.39 Å². The second-order valence-corrected chi connectivity index (χ2v) is 5.61. The molecule has 0 saturated carbocycles. The lowest BCUT2D eigenvalue weighted by molar-refractivity contribution is 0.409. The first-order valence-electron chi connectivity index (χ1n) is 7.90. The molecule has 2 N–H and O–H groups in total. The molecular weight excluding hydrogens is 305 g/mol. The molecule has 1 atom stereocenters. The van der Waals surface area contributed by atoms with Gasteiger partial charge < -0.3 is 15.4 Å². The molecule has 0 heterocycles. The number of nitrogens with zero attached hydrogens (tertiary/aromatic N) is 1. The molecule has 24 heavy (non-hydrogen) atoms. The number of hydrogen-bond acceptors (Lipinski definition) is 2. The van der Waals surface area contributed by atoms with Crippen LogP contribution >= 0.6 is 0 Å². The Labute approximate surface area is 142 Å². The summed E-state index contributed by atoms with van der Waals surface area (Å²) >= 11 is 0. The number of halogens is 1. The minimum Gasteiger partial charge on any atom is -0.496 e. The normalized spacial score (nSPS) is 12.6. The highest BCUT2D eigenvalue weighted by Crippen LogP contribution is 2.18. The summed E-state index contributed by atoms with van der Waals surface area (Å²) < 4.78 is 19.1. The Bertz CT molecular complexity index is 716. The minimum absolute atomic E-state index is 0.0658. The number of methoxy groups -OCH3 is 1. The van der Waals surface area contributed by atoms with Gasteiger partial charge in [0.1, 0.15) is 11.6 Å². The minimum atomic E-state index is -0.196. The van der Waals surface area contributed by atoms with Crippen LogP contribution < -0.4 is 15.4 Å². The number of benzene rings is 2. The average molecular weight is 329 g/mol. The van der Waals surface area contributed by atoms with E-state index in [9.17, 15) is 4.39 Å². The zero-order valence-electron chi connectivity index (χ0n) is 14.6. The quantitative estimate of drug-likeness (QED) is 0.651. The molecule has 0 aliphatic carbocycles. The molecule has 1 unspecified atom stereocenters. The van der Waals surface area contributed by atoms with E-state index in [0.29, 0.717) is 18.1 Å². The topological polar surface area (TPSA) is 45.7 Å². The first kappa shape index (κ1) is 17.8. The van der Waals surface area contributed by atoms with Crippen molar-refractivity contribution in [2.45, 2.75) is 26.4 Å². The third kappa shape index (κ3) is 4.47. The van der Waals surface area contributed by atoms with Crippen molar-refractivity contribution in [2.24, 2.45) is 4.99 Å². The second kappa shape index (κ2) is 8.34. The smallest absolute Gasteiger partial charge is 0.191 e. The maximum Gasteiger partial charge on any atom is 0.191 e. The number of para-hydroxylation sites is 1. The lowest BCUT2D eigenvalue weighted by Gasteiger charge is -2.19. The molecule has 5 heteroatoms. The number of aliphatic imine (C=N–C) groups is 1. The summed E-state index contributed by atoms with van der Waals surface area (Å²) in [5.41, 5.74) is 2.56. The highest BCUT2D eigenvalue weighted by molar-refractivity contribution is 5.80. The lowest BCUT2D eigenvalue weighted by atomic mass is 10.1. The van der Waals surface area contributed by atoms with Crippen LogP contribution in [0.4, 0.5) is 4.39 Å². The first-order chi connectivity index (χ1) is 11.5. The number of guanidine groups is 1. The van der Waals surface area contributed by atoms with Gasteiger partial charge in [0.05, 0.1) is 13.2 Å². The maximum atomic E-state index is 13.7. The third-order valence-corrected chi connectivity index (χ3v) is 3.91. The lowest BCUT2D eigenvalue weighted by Crippen LogP contribution is -2.38. The van der Waals surface area contributed by atoms with Crippen LogP contribution in [0.25, 0.3) is 0 Å². The maximum absolute atomic E-state index is 13.7. The van der Waals surface area contributed by atoms with E-state index in [1.54, 1.807) is 33.2 Å². The summed E-state index contributed by atoms with van der Waals surface area (Å²) in [6, 6.07) is 13.0. The van der Waals surface area contributed by atoms with Crippen molar-refractivity contribution in [3.8, 4) is 5.75 Å². The standard InChI is InChI=1S/C19H24FN3O/c1-13-9-10-15(11-17(13)20)14(2)23-19(21-3)22-12-16-7-5-6-8-18(16)24-4/h5-11,14H,12H2,1-4H3,(H2,21,22,23). The second-order valence-electron chi connectivity index (χ2n) is 5.61. The van der Waals surface area contributed by atoms with E-state index >= 15 is 0 Å². The van der Waals surface area contributed by atoms with Crippen molar-refractivity contribution in [3.63, 3.8) is 0 Å². The zero-order chi connectivity index (χ0) is 17.5. The Kier molecular flexibility index (Phi) is 6.18. The largest absolute Gasteiger partial charge is 0.496 e. The van der Waals surface area contributed by atoms with Crippen LogP contribution in [-0.4, -0.2) is 20.1 Å². The molecule has 128 valence electrons. The summed E-state index contributed by atoms with van der Waals surface area (Å²) in [5, 5.41) is 6.52. The van der Waals surface area contributed by atoms with Gasteiger partial charge in [-0.1, -0.05) is 30.3 Å². The van der Waals surface area contributed by atoms with Crippen LogP contribution in [0.3, 0.4) is 0 Å². The third-order valence-electron chi connectivity index (χ3n) is 3.91. The SMILES string of the molecule is CN=C(NCc1ccccc1OC)NC(C)c1ccc(C)c(F)c1. The molecule has 0 bridgehead atoms. The zero-order valence-corrected chi connectivity index (χ0v) is 14.6. The molecule has 0 fully saturated rings. The molecule has 2 aromatic rings. The monoisotopic (exact) mass is 329 g/mol. The van der Waals surface area contributed by atoms with E-state index < -0.39 is 0 Å². The molecule has 0 radical (unpaired) electrons. The van der Waals surface area contributed by atoms with Crippen molar-refractivity contribution >= 4 is 5.96 Å². The Morgan fingerprint density at radius 3 is 2.67 bits per heavy atom. The Morgan fingerprint density at radius 2 is 2.00 bits per heavy atom. The van der Waals surface area contributed by atoms with Gasteiger partial charge in [0.2, 0.25) is 0 Å². The molecule has 2 rings (SSSR count). The Morgan fingerprint density at radius 1 is 1.25 bits per heavy atom. The van der Waals surface area contributed by atoms with Crippen molar-refractivity contribution < 1.29 is 9.13 Å². The van der Waals surface area contributed by atoms with Crippen molar-refractivity contribution in [3.05, 3.63) is 65.0 Å². The molecule has 0 aromatic heterocycles. The number of nitrogens with one attached hydrogen (secondary N) is 2. The summed E-state index contributed by atoms with van der Waals surface area (Å²) in [4.78, 5) is 4.22. The van der Waals surface area contributed by atoms with E-state index in [2.05, 4.69) is 15.6 Å². The van der Waals surface area contributed by atoms with Crippen LogP contribution in [-0.2, 0) is 6.54 Å². The van der Waals surface area contributed by atoms with E-state index in [-0.39, 0.29) is 11.9 Å². The summed E-state index contributed by atoms with van der Waals surface area (Å²) in [7, 11) is 3.36. The highest BCUT2D eigenvalue weighted by Gasteiger charge is 2.10. The fraction of sp³-hybridized carbons (Fsp3) is 0.316. The number of aryl methyl sites for hydroxylation is 1. The molecule has 0 saturated heterocycles. The number of hydrogen-bond donors (Lipinski definition) is 2. The van der Waals surface area contributed by atoms with Gasteiger partial charge in [0.25, 0.3) is 0 Å². The van der Waals surface area contributed by atoms with Gasteiger partial charge in [-0.3, -0.25) is 4.99 Å². The number of ether oxygens (including phenoxy) is 1. The first-order valence-corrected chi connectivity index (χ1v) is 7.90. The van der Waals surface area contributed by atoms with Crippen LogP contribution in [0.2, 0.25) is 0 Å². The van der Waals surface area contributed by atoms with Crippen LogP contribution in [0, 0.1) is 12.7 Å². The summed E-state index contributed by atoms with van der Waals surface area (Å²) in [5.74, 6) is 1.28. The fourth-order valence-electron chi connectivity index (χ4n) is 2.39. The van der Waals surface area contributed by atoms with E-state index in [1.807, 2.05) is 37.3 Å². The molecule has 2 aromatic carbocycles. The van der Waals surface area contributed by atoms with Gasteiger partial charge in [-0.05, 0) is 37.1 Å². The van der Waals surface area contributed by atoms with Gasteiger partial charge in [0.15, 0.2) is 5.96 Å². The molecule has 0 aliphatic rings. The Hall–Kier alpha value is -2.56. The van der Waals surface area contributed by atoms with Crippen LogP contribution in [0.1, 0.15) is 29.7 Å². The highest BCUT2D eigenvalue weighted by atomic mass is 19.1.